The van der Waals surface area contributed by atoms with Gasteiger partial charge in [0.15, 0.2) is 5.78 Å². The van der Waals surface area contributed by atoms with Crippen molar-refractivity contribution in [1.82, 2.24) is 10.3 Å². The molecule has 1 atom stereocenters. The maximum Gasteiger partial charge on any atom is 0.270 e. The van der Waals surface area contributed by atoms with Crippen molar-refractivity contribution in [2.45, 2.75) is 25.8 Å². The molecule has 0 aliphatic rings. The Bertz CT molecular complexity index is 910. The monoisotopic (exact) mass is 364 g/mol. The van der Waals surface area contributed by atoms with E-state index in [1.807, 2.05) is 24.3 Å². The molecule has 8 heteroatoms. The Kier molecular flexibility index (Phi) is 5.54. The van der Waals surface area contributed by atoms with Crippen LogP contribution in [0.3, 0.4) is 0 Å². The lowest BCUT2D eigenvalue weighted by atomic mass is 9.93. The number of aromatic nitrogens is 1. The Balaban J connectivity index is 2.18. The molecular formula is C17H20N2O5S. The van der Waals surface area contributed by atoms with Crippen LogP contribution in [0.4, 0.5) is 0 Å². The number of nitrogens with zero attached hydrogens (tertiary/aromatic N) is 1. The van der Waals surface area contributed by atoms with Crippen LogP contribution in [0.25, 0.3) is 10.8 Å². The van der Waals surface area contributed by atoms with Gasteiger partial charge in [0.05, 0.1) is 11.8 Å². The van der Waals surface area contributed by atoms with Gasteiger partial charge in [-0.2, -0.15) is 8.42 Å². The molecular weight excluding hydrogens is 344 g/mol. The van der Waals surface area contributed by atoms with E-state index in [1.165, 1.54) is 6.92 Å². The molecule has 1 heterocycles. The quantitative estimate of drug-likeness (QED) is 0.750. The first kappa shape index (κ1) is 19.0. The summed E-state index contributed by atoms with van der Waals surface area (Å²) in [6.45, 7) is 2.61. The highest BCUT2D eigenvalue weighted by atomic mass is 32.2. The number of hydrogen-bond donors (Lipinski definition) is 1. The maximum absolute atomic E-state index is 12.5. The van der Waals surface area contributed by atoms with E-state index < -0.39 is 34.0 Å². The summed E-state index contributed by atoms with van der Waals surface area (Å²) < 4.78 is 26.6. The summed E-state index contributed by atoms with van der Waals surface area (Å²) in [6, 6.07) is 9.10. The Morgan fingerprint density at radius 1 is 1.24 bits per heavy atom. The van der Waals surface area contributed by atoms with Gasteiger partial charge in [-0.05, 0) is 24.8 Å². The van der Waals surface area contributed by atoms with E-state index in [0.717, 1.165) is 17.0 Å². The van der Waals surface area contributed by atoms with Gasteiger partial charge in [-0.1, -0.05) is 31.2 Å². The summed E-state index contributed by atoms with van der Waals surface area (Å²) in [5.41, 5.74) is -1.08. The molecule has 1 aromatic heterocycles. The second-order valence-corrected chi connectivity index (χ2v) is 7.59. The summed E-state index contributed by atoms with van der Waals surface area (Å²) in [5, 5.41) is 4.39. The number of fused-ring (bicyclic) bond motifs is 1. The Labute approximate surface area is 146 Å². The van der Waals surface area contributed by atoms with Crippen LogP contribution in [0.2, 0.25) is 0 Å². The van der Waals surface area contributed by atoms with Crippen LogP contribution >= 0.6 is 0 Å². The minimum atomic E-state index is -3.74. The summed E-state index contributed by atoms with van der Waals surface area (Å²) in [5.74, 6) is -1.04. The number of carbonyl (C=O) groups excluding carboxylic acids is 2. The second kappa shape index (κ2) is 7.28. The van der Waals surface area contributed by atoms with E-state index in [-0.39, 0.29) is 12.1 Å². The van der Waals surface area contributed by atoms with Crippen molar-refractivity contribution in [1.29, 1.82) is 0 Å². The van der Waals surface area contributed by atoms with Crippen LogP contribution in [0.1, 0.15) is 30.8 Å². The van der Waals surface area contributed by atoms with Gasteiger partial charge in [0.1, 0.15) is 12.3 Å². The predicted molar refractivity (Wildman–Crippen MR) is 93.7 cm³/mol. The molecule has 1 aromatic carbocycles. The average molecular weight is 364 g/mol. The fourth-order valence-electron chi connectivity index (χ4n) is 2.20. The number of amides is 1. The van der Waals surface area contributed by atoms with E-state index in [1.54, 1.807) is 19.2 Å². The van der Waals surface area contributed by atoms with Crippen molar-refractivity contribution in [2.24, 2.45) is 0 Å². The first-order valence-corrected chi connectivity index (χ1v) is 9.51. The second-order valence-electron chi connectivity index (χ2n) is 5.95. The fourth-order valence-corrected chi connectivity index (χ4v) is 2.52. The van der Waals surface area contributed by atoms with Crippen LogP contribution in [0.15, 0.2) is 36.5 Å². The zero-order valence-corrected chi connectivity index (χ0v) is 15.1. The first-order valence-electron chi connectivity index (χ1n) is 7.69. The lowest BCUT2D eigenvalue weighted by Crippen LogP contribution is -2.53. The fraction of sp³-hybridized carbons (Fsp3) is 0.353. The van der Waals surface area contributed by atoms with Crippen molar-refractivity contribution in [3.8, 4) is 0 Å². The van der Waals surface area contributed by atoms with Crippen molar-refractivity contribution in [2.75, 3.05) is 12.9 Å². The summed E-state index contributed by atoms with van der Waals surface area (Å²) in [7, 11) is -3.74. The summed E-state index contributed by atoms with van der Waals surface area (Å²) >= 11 is 0. The van der Waals surface area contributed by atoms with Gasteiger partial charge < -0.3 is 5.32 Å². The van der Waals surface area contributed by atoms with Crippen LogP contribution in [0.5, 0.6) is 0 Å². The number of nitrogens with one attached hydrogen (secondary N) is 1. The van der Waals surface area contributed by atoms with E-state index in [4.69, 9.17) is 0 Å². The highest BCUT2D eigenvalue weighted by Crippen LogP contribution is 2.16. The topological polar surface area (TPSA) is 102 Å². The standard InChI is InChI=1S/C17H20N2O5S/c1-4-17(2,15(20)11-24-25(3,22)23)19-16(21)14-9-12-7-5-6-8-13(12)10-18-14/h5-10H,4,11H2,1-3H3,(H,19,21). The van der Waals surface area contributed by atoms with Crippen molar-refractivity contribution < 1.29 is 22.2 Å². The number of rotatable bonds is 7. The first-order chi connectivity index (χ1) is 11.6. The Morgan fingerprint density at radius 2 is 1.88 bits per heavy atom. The third-order valence-corrected chi connectivity index (χ3v) is 4.53. The Hall–Kier alpha value is -2.32. The van der Waals surface area contributed by atoms with Crippen LogP contribution in [0, 0.1) is 0 Å². The lowest BCUT2D eigenvalue weighted by Gasteiger charge is -2.27. The predicted octanol–water partition coefficient (Wildman–Crippen LogP) is 1.68. The smallest absolute Gasteiger partial charge is 0.270 e. The Morgan fingerprint density at radius 3 is 2.48 bits per heavy atom. The molecule has 134 valence electrons. The molecule has 0 saturated heterocycles. The number of pyridine rings is 1. The van der Waals surface area contributed by atoms with Crippen LogP contribution < -0.4 is 5.32 Å². The van der Waals surface area contributed by atoms with Crippen molar-refractivity contribution >= 4 is 32.6 Å². The van der Waals surface area contributed by atoms with Crippen LogP contribution in [-0.2, 0) is 19.1 Å². The molecule has 0 aliphatic heterocycles. The third-order valence-electron chi connectivity index (χ3n) is 3.98. The SMILES string of the molecule is CCC(C)(NC(=O)c1cc2ccccc2cn1)C(=O)COS(C)(=O)=O. The molecule has 2 rings (SSSR count). The zero-order valence-electron chi connectivity index (χ0n) is 14.3. The zero-order chi connectivity index (χ0) is 18.7. The van der Waals surface area contributed by atoms with E-state index >= 15 is 0 Å². The molecule has 25 heavy (non-hydrogen) atoms. The maximum atomic E-state index is 12.5. The highest BCUT2D eigenvalue weighted by molar-refractivity contribution is 7.86. The molecule has 0 fully saturated rings. The molecule has 0 bridgehead atoms. The number of hydrogen-bond acceptors (Lipinski definition) is 6. The van der Waals surface area contributed by atoms with E-state index in [9.17, 15) is 18.0 Å². The van der Waals surface area contributed by atoms with E-state index in [0.29, 0.717) is 0 Å². The van der Waals surface area contributed by atoms with Gasteiger partial charge in [-0.3, -0.25) is 18.8 Å². The molecule has 0 radical (unpaired) electrons. The molecule has 1 N–H and O–H groups in total. The molecule has 0 spiro atoms. The third kappa shape index (κ3) is 4.83. The summed E-state index contributed by atoms with van der Waals surface area (Å²) in [6.07, 6.45) is 2.72. The number of Topliss-reactive ketones (excluding diaryl/α,β-unsaturated/α-hetero) is 1. The minimum absolute atomic E-state index is 0.176. The lowest BCUT2D eigenvalue weighted by molar-refractivity contribution is -0.126. The van der Waals surface area contributed by atoms with Gasteiger partial charge in [0.25, 0.3) is 16.0 Å². The summed E-state index contributed by atoms with van der Waals surface area (Å²) in [4.78, 5) is 28.9. The molecule has 0 saturated carbocycles. The number of ketones is 1. The van der Waals surface area contributed by atoms with Crippen LogP contribution in [-0.4, -0.2) is 43.5 Å². The van der Waals surface area contributed by atoms with Gasteiger partial charge in [-0.15, -0.1) is 0 Å². The van der Waals surface area contributed by atoms with Gasteiger partial charge in [0.2, 0.25) is 0 Å². The molecule has 1 amide bonds. The largest absolute Gasteiger partial charge is 0.338 e. The van der Waals surface area contributed by atoms with Crippen molar-refractivity contribution in [3.63, 3.8) is 0 Å². The normalized spacial score (nSPS) is 14.0. The number of carbonyl (C=O) groups is 2. The molecule has 2 aromatic rings. The number of benzene rings is 1. The van der Waals surface area contributed by atoms with Crippen molar-refractivity contribution in [3.05, 3.63) is 42.2 Å². The minimum Gasteiger partial charge on any atom is -0.338 e. The van der Waals surface area contributed by atoms with Gasteiger partial charge >= 0.3 is 0 Å². The molecule has 1 unspecified atom stereocenters. The molecule has 7 nitrogen and oxygen atoms in total. The van der Waals surface area contributed by atoms with E-state index in [2.05, 4.69) is 14.5 Å². The van der Waals surface area contributed by atoms with Gasteiger partial charge in [-0.25, -0.2) is 0 Å². The molecule has 0 aliphatic carbocycles. The average Bonchev–Trinajstić information content (AvgIpc) is 2.58. The highest BCUT2D eigenvalue weighted by Gasteiger charge is 2.34. The van der Waals surface area contributed by atoms with Gasteiger partial charge in [0, 0.05) is 11.6 Å².